The molecule has 2 N–H and O–H groups in total. The minimum absolute atomic E-state index is 0.0434. The van der Waals surface area contributed by atoms with Crippen LogP contribution in [0.25, 0.3) is 0 Å². The predicted octanol–water partition coefficient (Wildman–Crippen LogP) is 1.45. The predicted molar refractivity (Wildman–Crippen MR) is 71.4 cm³/mol. The zero-order chi connectivity index (χ0) is 13.0. The van der Waals surface area contributed by atoms with Crippen LogP contribution in [0.2, 0.25) is 0 Å². The molecular formula is C14H26N2O2. The first kappa shape index (κ1) is 13.8. The molecular weight excluding hydrogens is 228 g/mol. The fourth-order valence-corrected chi connectivity index (χ4v) is 2.77. The van der Waals surface area contributed by atoms with Crippen molar-refractivity contribution in [3.63, 3.8) is 0 Å². The Morgan fingerprint density at radius 3 is 2.72 bits per heavy atom. The van der Waals surface area contributed by atoms with E-state index in [2.05, 4.69) is 17.6 Å². The lowest BCUT2D eigenvalue weighted by Gasteiger charge is -2.39. The van der Waals surface area contributed by atoms with E-state index in [0.29, 0.717) is 12.0 Å². The second kappa shape index (κ2) is 6.02. The number of carbonyl (C=O) groups excluding carboxylic acids is 1. The quantitative estimate of drug-likeness (QED) is 0.747. The van der Waals surface area contributed by atoms with Crippen molar-refractivity contribution in [1.29, 1.82) is 0 Å². The largest absolute Gasteiger partial charge is 0.363 e. The molecule has 0 radical (unpaired) electrons. The number of amides is 1. The van der Waals surface area contributed by atoms with Gasteiger partial charge in [-0.2, -0.15) is 0 Å². The third kappa shape index (κ3) is 3.69. The number of hydrogen-bond acceptors (Lipinski definition) is 3. The van der Waals surface area contributed by atoms with Gasteiger partial charge in [0, 0.05) is 19.1 Å². The lowest BCUT2D eigenvalue weighted by molar-refractivity contribution is -0.136. The first-order chi connectivity index (χ1) is 8.59. The summed E-state index contributed by atoms with van der Waals surface area (Å²) in [5.41, 5.74) is -0.133. The lowest BCUT2D eigenvalue weighted by Crippen LogP contribution is -2.59. The van der Waals surface area contributed by atoms with Gasteiger partial charge in [-0.15, -0.1) is 0 Å². The third-order valence-electron chi connectivity index (χ3n) is 4.26. The van der Waals surface area contributed by atoms with E-state index < -0.39 is 0 Å². The van der Waals surface area contributed by atoms with E-state index >= 15 is 0 Å². The van der Waals surface area contributed by atoms with Crippen molar-refractivity contribution in [2.75, 3.05) is 19.7 Å². The Balaban J connectivity index is 1.72. The summed E-state index contributed by atoms with van der Waals surface area (Å²) in [5, 5.41) is 6.31. The molecule has 4 heteroatoms. The minimum atomic E-state index is -0.133. The summed E-state index contributed by atoms with van der Waals surface area (Å²) in [6, 6.07) is 0.343. The van der Waals surface area contributed by atoms with Crippen LogP contribution in [0.1, 0.15) is 46.0 Å². The first-order valence-electron chi connectivity index (χ1n) is 7.23. The standard InChI is InChI=1S/C14H26N2O2/c1-11-6-4-3-5-7-12(11)16-13(17)8-18-14(2)9-15-10-14/h11-12,15H,3-10H2,1-2H3,(H,16,17). The van der Waals surface area contributed by atoms with E-state index in [9.17, 15) is 4.79 Å². The summed E-state index contributed by atoms with van der Waals surface area (Å²) in [5.74, 6) is 0.638. The number of rotatable bonds is 4. The Morgan fingerprint density at radius 1 is 1.33 bits per heavy atom. The summed E-state index contributed by atoms with van der Waals surface area (Å²) in [6.45, 7) is 6.18. The van der Waals surface area contributed by atoms with Gasteiger partial charge < -0.3 is 15.4 Å². The van der Waals surface area contributed by atoms with Crippen LogP contribution in [0.3, 0.4) is 0 Å². The zero-order valence-corrected chi connectivity index (χ0v) is 11.6. The number of nitrogens with one attached hydrogen (secondary N) is 2. The first-order valence-corrected chi connectivity index (χ1v) is 7.23. The monoisotopic (exact) mass is 254 g/mol. The molecule has 0 aromatic heterocycles. The van der Waals surface area contributed by atoms with Crippen molar-refractivity contribution in [2.45, 2.75) is 57.6 Å². The Labute approximate surface area is 110 Å². The highest BCUT2D eigenvalue weighted by Gasteiger charge is 2.33. The van der Waals surface area contributed by atoms with Crippen LogP contribution in [-0.4, -0.2) is 37.2 Å². The molecule has 0 aromatic rings. The Morgan fingerprint density at radius 2 is 2.06 bits per heavy atom. The van der Waals surface area contributed by atoms with Gasteiger partial charge in [0.15, 0.2) is 0 Å². The molecule has 4 nitrogen and oxygen atoms in total. The molecule has 18 heavy (non-hydrogen) atoms. The molecule has 2 fully saturated rings. The number of hydrogen-bond donors (Lipinski definition) is 2. The van der Waals surface area contributed by atoms with Gasteiger partial charge in [0.2, 0.25) is 5.91 Å². The van der Waals surface area contributed by atoms with Crippen molar-refractivity contribution < 1.29 is 9.53 Å². The molecule has 104 valence electrons. The fraction of sp³-hybridized carbons (Fsp3) is 0.929. The maximum atomic E-state index is 11.9. The van der Waals surface area contributed by atoms with Crippen molar-refractivity contribution >= 4 is 5.91 Å². The van der Waals surface area contributed by atoms with Crippen LogP contribution < -0.4 is 10.6 Å². The number of carbonyl (C=O) groups is 1. The van der Waals surface area contributed by atoms with Crippen LogP contribution in [0, 0.1) is 5.92 Å². The molecule has 0 aromatic carbocycles. The summed E-state index contributed by atoms with van der Waals surface area (Å²) in [7, 11) is 0. The zero-order valence-electron chi connectivity index (χ0n) is 11.6. The van der Waals surface area contributed by atoms with Crippen LogP contribution in [0.5, 0.6) is 0 Å². The lowest BCUT2D eigenvalue weighted by atomic mass is 9.97. The highest BCUT2D eigenvalue weighted by molar-refractivity contribution is 5.77. The van der Waals surface area contributed by atoms with Gasteiger partial charge in [-0.1, -0.05) is 26.2 Å². The second-order valence-corrected chi connectivity index (χ2v) is 6.13. The minimum Gasteiger partial charge on any atom is -0.363 e. The van der Waals surface area contributed by atoms with Crippen LogP contribution in [-0.2, 0) is 9.53 Å². The van der Waals surface area contributed by atoms with Crippen LogP contribution in [0.4, 0.5) is 0 Å². The smallest absolute Gasteiger partial charge is 0.246 e. The normalized spacial score (nSPS) is 31.2. The van der Waals surface area contributed by atoms with Crippen LogP contribution in [0.15, 0.2) is 0 Å². The molecule has 2 rings (SSSR count). The summed E-state index contributed by atoms with van der Waals surface area (Å²) >= 11 is 0. The summed E-state index contributed by atoms with van der Waals surface area (Å²) < 4.78 is 5.66. The van der Waals surface area contributed by atoms with Gasteiger partial charge >= 0.3 is 0 Å². The van der Waals surface area contributed by atoms with E-state index in [1.807, 2.05) is 6.92 Å². The van der Waals surface area contributed by atoms with Gasteiger partial charge in [-0.3, -0.25) is 4.79 Å². The molecule has 1 amide bonds. The Kier molecular flexibility index (Phi) is 4.62. The molecule has 2 atom stereocenters. The van der Waals surface area contributed by atoms with Crippen molar-refractivity contribution in [1.82, 2.24) is 10.6 Å². The Bertz CT molecular complexity index is 290. The molecule has 2 unspecified atom stereocenters. The van der Waals surface area contributed by atoms with E-state index in [-0.39, 0.29) is 18.1 Å². The second-order valence-electron chi connectivity index (χ2n) is 6.13. The van der Waals surface area contributed by atoms with Gasteiger partial charge in [0.05, 0.1) is 5.60 Å². The van der Waals surface area contributed by atoms with Gasteiger partial charge in [-0.25, -0.2) is 0 Å². The summed E-state index contributed by atoms with van der Waals surface area (Å²) in [4.78, 5) is 11.9. The van der Waals surface area contributed by atoms with Gasteiger partial charge in [0.1, 0.15) is 6.61 Å². The molecule has 1 saturated carbocycles. The fourth-order valence-electron chi connectivity index (χ4n) is 2.77. The molecule has 0 spiro atoms. The van der Waals surface area contributed by atoms with Gasteiger partial charge in [0.25, 0.3) is 0 Å². The maximum absolute atomic E-state index is 11.9. The molecule has 1 aliphatic carbocycles. The van der Waals surface area contributed by atoms with E-state index in [1.54, 1.807) is 0 Å². The van der Waals surface area contributed by atoms with Crippen LogP contribution >= 0.6 is 0 Å². The van der Waals surface area contributed by atoms with E-state index in [1.165, 1.54) is 25.7 Å². The van der Waals surface area contributed by atoms with Gasteiger partial charge in [-0.05, 0) is 25.7 Å². The topological polar surface area (TPSA) is 50.4 Å². The Hall–Kier alpha value is -0.610. The molecule has 2 aliphatic rings. The van der Waals surface area contributed by atoms with Crippen molar-refractivity contribution in [3.8, 4) is 0 Å². The van der Waals surface area contributed by atoms with E-state index in [0.717, 1.165) is 19.5 Å². The highest BCUT2D eigenvalue weighted by Crippen LogP contribution is 2.23. The highest BCUT2D eigenvalue weighted by atomic mass is 16.5. The maximum Gasteiger partial charge on any atom is 0.246 e. The number of ether oxygens (including phenoxy) is 1. The third-order valence-corrected chi connectivity index (χ3v) is 4.26. The molecule has 0 bridgehead atoms. The summed E-state index contributed by atoms with van der Waals surface area (Å²) in [6.07, 6.45) is 6.18. The van der Waals surface area contributed by atoms with Crippen molar-refractivity contribution in [3.05, 3.63) is 0 Å². The molecule has 1 saturated heterocycles. The van der Waals surface area contributed by atoms with E-state index in [4.69, 9.17) is 4.74 Å². The average Bonchev–Trinajstić information content (AvgIpc) is 2.50. The SMILES string of the molecule is CC1CCCCCC1NC(=O)COC1(C)CNC1. The van der Waals surface area contributed by atoms with Crippen molar-refractivity contribution in [2.24, 2.45) is 5.92 Å². The average molecular weight is 254 g/mol. The molecule has 1 aliphatic heterocycles. The molecule has 1 heterocycles.